The van der Waals surface area contributed by atoms with E-state index in [1.165, 1.54) is 36.4 Å². The second kappa shape index (κ2) is 7.66. The first kappa shape index (κ1) is 19.3. The third-order valence-electron chi connectivity index (χ3n) is 4.16. The minimum absolute atomic E-state index is 0.0268. The Balaban J connectivity index is 1.95. The molecule has 2 aromatic carbocycles. The number of carbonyl (C=O) groups is 1. The topological polar surface area (TPSA) is 75.7 Å². The fraction of sp³-hybridized carbons (Fsp3) is 0.316. The first-order valence-electron chi connectivity index (χ1n) is 8.61. The standard InChI is InChI=1S/C19H21FN2O4S/c1-13(2)26-16-7-9-17(10-8-16)27(24,25)22-12-11-21-19(23)18(22)14-3-5-15(20)6-4-14/h3-10,13,18H,11-12H2,1-2H3,(H,21,23). The zero-order chi connectivity index (χ0) is 19.6. The minimum atomic E-state index is -3.92. The number of hydrogen-bond acceptors (Lipinski definition) is 4. The summed E-state index contributed by atoms with van der Waals surface area (Å²) in [5.74, 6) is -0.322. The van der Waals surface area contributed by atoms with E-state index >= 15 is 0 Å². The highest BCUT2D eigenvalue weighted by Gasteiger charge is 2.39. The number of ether oxygens (including phenoxy) is 1. The summed E-state index contributed by atoms with van der Waals surface area (Å²) in [6, 6.07) is 10.3. The van der Waals surface area contributed by atoms with E-state index in [4.69, 9.17) is 4.74 Å². The van der Waals surface area contributed by atoms with Gasteiger partial charge in [-0.3, -0.25) is 4.79 Å². The van der Waals surface area contributed by atoms with Crippen LogP contribution in [0.15, 0.2) is 53.4 Å². The third kappa shape index (κ3) is 4.12. The second-order valence-corrected chi connectivity index (χ2v) is 8.39. The van der Waals surface area contributed by atoms with Crippen molar-refractivity contribution >= 4 is 15.9 Å². The predicted octanol–water partition coefficient (Wildman–Crippen LogP) is 2.47. The Kier molecular flexibility index (Phi) is 5.48. The van der Waals surface area contributed by atoms with Crippen LogP contribution in [0, 0.1) is 5.82 Å². The molecule has 1 aliphatic heterocycles. The van der Waals surface area contributed by atoms with Crippen LogP contribution in [0.3, 0.4) is 0 Å². The third-order valence-corrected chi connectivity index (χ3v) is 6.03. The minimum Gasteiger partial charge on any atom is -0.491 e. The van der Waals surface area contributed by atoms with Crippen molar-refractivity contribution in [3.05, 3.63) is 59.9 Å². The zero-order valence-corrected chi connectivity index (χ0v) is 15.9. The number of sulfonamides is 1. The van der Waals surface area contributed by atoms with Crippen molar-refractivity contribution in [2.24, 2.45) is 0 Å². The number of carbonyl (C=O) groups excluding carboxylic acids is 1. The molecule has 1 amide bonds. The van der Waals surface area contributed by atoms with Gasteiger partial charge in [0, 0.05) is 13.1 Å². The van der Waals surface area contributed by atoms with Gasteiger partial charge < -0.3 is 10.1 Å². The lowest BCUT2D eigenvalue weighted by atomic mass is 10.0. The first-order chi connectivity index (χ1) is 12.8. The summed E-state index contributed by atoms with van der Waals surface area (Å²) in [5.41, 5.74) is 0.414. The quantitative estimate of drug-likeness (QED) is 0.848. The molecule has 1 N–H and O–H groups in total. The fourth-order valence-electron chi connectivity index (χ4n) is 2.97. The normalized spacial score (nSPS) is 18.4. The van der Waals surface area contributed by atoms with Gasteiger partial charge in [0.1, 0.15) is 17.6 Å². The summed E-state index contributed by atoms with van der Waals surface area (Å²) in [6.07, 6.45) is -0.0268. The maximum absolute atomic E-state index is 13.2. The molecule has 0 radical (unpaired) electrons. The second-order valence-electron chi connectivity index (χ2n) is 6.50. The molecule has 8 heteroatoms. The Morgan fingerprint density at radius 3 is 2.33 bits per heavy atom. The predicted molar refractivity (Wildman–Crippen MR) is 98.2 cm³/mol. The summed E-state index contributed by atoms with van der Waals surface area (Å²) in [6.45, 7) is 4.10. The highest BCUT2D eigenvalue weighted by molar-refractivity contribution is 7.89. The number of piperazine rings is 1. The molecule has 144 valence electrons. The fourth-order valence-corrected chi connectivity index (χ4v) is 4.54. The molecule has 0 saturated carbocycles. The largest absolute Gasteiger partial charge is 0.491 e. The Morgan fingerprint density at radius 2 is 1.74 bits per heavy atom. The highest BCUT2D eigenvalue weighted by Crippen LogP contribution is 2.30. The number of hydrogen-bond donors (Lipinski definition) is 1. The van der Waals surface area contributed by atoms with Gasteiger partial charge in [-0.1, -0.05) is 12.1 Å². The van der Waals surface area contributed by atoms with Crippen LogP contribution in [0.5, 0.6) is 5.75 Å². The van der Waals surface area contributed by atoms with E-state index in [0.29, 0.717) is 11.3 Å². The van der Waals surface area contributed by atoms with E-state index in [-0.39, 0.29) is 24.1 Å². The van der Waals surface area contributed by atoms with Gasteiger partial charge in [-0.25, -0.2) is 12.8 Å². The van der Waals surface area contributed by atoms with E-state index in [1.807, 2.05) is 13.8 Å². The Labute approximate surface area is 158 Å². The van der Waals surface area contributed by atoms with Crippen molar-refractivity contribution in [1.82, 2.24) is 9.62 Å². The van der Waals surface area contributed by atoms with Crippen LogP contribution in [0.4, 0.5) is 4.39 Å². The molecule has 1 saturated heterocycles. The molecule has 0 bridgehead atoms. The Bertz CT molecular complexity index is 912. The van der Waals surface area contributed by atoms with Crippen LogP contribution in [-0.2, 0) is 14.8 Å². The van der Waals surface area contributed by atoms with Gasteiger partial charge in [-0.05, 0) is 55.8 Å². The van der Waals surface area contributed by atoms with Crippen LogP contribution in [0.1, 0.15) is 25.5 Å². The Morgan fingerprint density at radius 1 is 1.11 bits per heavy atom. The number of nitrogens with zero attached hydrogens (tertiary/aromatic N) is 1. The van der Waals surface area contributed by atoms with Crippen LogP contribution >= 0.6 is 0 Å². The zero-order valence-electron chi connectivity index (χ0n) is 15.1. The summed E-state index contributed by atoms with van der Waals surface area (Å²) in [4.78, 5) is 12.5. The molecule has 1 fully saturated rings. The maximum atomic E-state index is 13.2. The molecule has 1 atom stereocenters. The van der Waals surface area contributed by atoms with Crippen molar-refractivity contribution in [2.45, 2.75) is 30.9 Å². The average molecular weight is 392 g/mol. The molecular formula is C19H21FN2O4S. The van der Waals surface area contributed by atoms with Crippen molar-refractivity contribution in [1.29, 1.82) is 0 Å². The monoisotopic (exact) mass is 392 g/mol. The van der Waals surface area contributed by atoms with E-state index in [0.717, 1.165) is 4.31 Å². The Hall–Kier alpha value is -2.45. The number of nitrogens with one attached hydrogen (secondary N) is 1. The average Bonchev–Trinajstić information content (AvgIpc) is 2.62. The summed E-state index contributed by atoms with van der Waals surface area (Å²) < 4.78 is 46.2. The molecule has 1 aliphatic rings. The van der Waals surface area contributed by atoms with Crippen molar-refractivity contribution in [2.75, 3.05) is 13.1 Å². The number of benzene rings is 2. The van der Waals surface area contributed by atoms with Crippen molar-refractivity contribution < 1.29 is 22.3 Å². The first-order valence-corrected chi connectivity index (χ1v) is 10.0. The van der Waals surface area contributed by atoms with Gasteiger partial charge >= 0.3 is 0 Å². The van der Waals surface area contributed by atoms with Crippen LogP contribution < -0.4 is 10.1 Å². The van der Waals surface area contributed by atoms with Crippen LogP contribution in [0.25, 0.3) is 0 Å². The van der Waals surface area contributed by atoms with E-state index in [2.05, 4.69) is 5.32 Å². The van der Waals surface area contributed by atoms with E-state index in [9.17, 15) is 17.6 Å². The summed E-state index contributed by atoms with van der Waals surface area (Å²) in [7, 11) is -3.92. The van der Waals surface area contributed by atoms with Gasteiger partial charge in [-0.15, -0.1) is 0 Å². The smallest absolute Gasteiger partial charge is 0.244 e. The summed E-state index contributed by atoms with van der Waals surface area (Å²) >= 11 is 0. The van der Waals surface area contributed by atoms with Gasteiger partial charge in [0.05, 0.1) is 11.0 Å². The van der Waals surface area contributed by atoms with Crippen LogP contribution in [-0.4, -0.2) is 37.8 Å². The van der Waals surface area contributed by atoms with E-state index in [1.54, 1.807) is 12.1 Å². The maximum Gasteiger partial charge on any atom is 0.244 e. The van der Waals surface area contributed by atoms with Gasteiger partial charge in [0.25, 0.3) is 0 Å². The molecular weight excluding hydrogens is 371 g/mol. The molecule has 0 aromatic heterocycles. The lowest BCUT2D eigenvalue weighted by Gasteiger charge is -2.34. The molecule has 1 unspecified atom stereocenters. The van der Waals surface area contributed by atoms with Gasteiger partial charge in [0.15, 0.2) is 0 Å². The molecule has 0 aliphatic carbocycles. The number of rotatable bonds is 5. The van der Waals surface area contributed by atoms with Gasteiger partial charge in [-0.2, -0.15) is 4.31 Å². The molecule has 6 nitrogen and oxygen atoms in total. The molecule has 2 aromatic rings. The molecule has 0 spiro atoms. The van der Waals surface area contributed by atoms with Gasteiger partial charge in [0.2, 0.25) is 15.9 Å². The number of amides is 1. The SMILES string of the molecule is CC(C)Oc1ccc(S(=O)(=O)N2CCNC(=O)C2c2ccc(F)cc2)cc1. The van der Waals surface area contributed by atoms with Crippen molar-refractivity contribution in [3.8, 4) is 5.75 Å². The van der Waals surface area contributed by atoms with E-state index < -0.39 is 27.8 Å². The summed E-state index contributed by atoms with van der Waals surface area (Å²) in [5, 5.41) is 2.67. The highest BCUT2D eigenvalue weighted by atomic mass is 32.2. The molecule has 27 heavy (non-hydrogen) atoms. The molecule has 3 rings (SSSR count). The lowest BCUT2D eigenvalue weighted by Crippen LogP contribution is -2.52. The van der Waals surface area contributed by atoms with Crippen molar-refractivity contribution in [3.63, 3.8) is 0 Å². The number of halogens is 1. The lowest BCUT2D eigenvalue weighted by molar-refractivity contribution is -0.126. The van der Waals surface area contributed by atoms with Crippen LogP contribution in [0.2, 0.25) is 0 Å². The molecule has 1 heterocycles.